The molecule has 1 fully saturated rings. The lowest BCUT2D eigenvalue weighted by Gasteiger charge is -2.16. The van der Waals surface area contributed by atoms with Gasteiger partial charge in [-0.05, 0) is 32.6 Å². The minimum atomic E-state index is -0.346. The first-order valence-corrected chi connectivity index (χ1v) is 6.27. The normalized spacial score (nSPS) is 17.6. The summed E-state index contributed by atoms with van der Waals surface area (Å²) in [6, 6.07) is 0. The molecule has 4 N–H and O–H groups in total. The molecule has 1 aliphatic rings. The van der Waals surface area contributed by atoms with Crippen molar-refractivity contribution in [2.24, 2.45) is 11.8 Å². The van der Waals surface area contributed by atoms with Gasteiger partial charge in [0.05, 0.1) is 12.3 Å². The first-order valence-electron chi connectivity index (χ1n) is 6.27. The Balaban J connectivity index is 2.54. The van der Waals surface area contributed by atoms with Crippen LogP contribution in [0.2, 0.25) is 0 Å². The van der Waals surface area contributed by atoms with E-state index >= 15 is 0 Å². The molecule has 0 bridgehead atoms. The number of nitrogens with two attached hydrogens (primary N) is 1. The summed E-state index contributed by atoms with van der Waals surface area (Å²) in [5.74, 6) is 5.65. The predicted molar refractivity (Wildman–Crippen MR) is 66.6 cm³/mol. The molecule has 0 amide bonds. The molecule has 98 valence electrons. The molecule has 5 heteroatoms. The van der Waals surface area contributed by atoms with Crippen molar-refractivity contribution in [2.75, 3.05) is 13.2 Å². The van der Waals surface area contributed by atoms with Crippen LogP contribution in [0, 0.1) is 5.92 Å². The molecule has 17 heavy (non-hydrogen) atoms. The summed E-state index contributed by atoms with van der Waals surface area (Å²) in [4.78, 5) is 11.7. The molecule has 0 aromatic rings. The van der Waals surface area contributed by atoms with Crippen molar-refractivity contribution in [1.82, 2.24) is 10.7 Å². The van der Waals surface area contributed by atoms with Crippen molar-refractivity contribution < 1.29 is 9.53 Å². The van der Waals surface area contributed by atoms with E-state index in [1.165, 1.54) is 25.7 Å². The van der Waals surface area contributed by atoms with Crippen LogP contribution in [0.3, 0.4) is 0 Å². The Morgan fingerprint density at radius 2 is 2.06 bits per heavy atom. The number of ether oxygens (including phenoxy) is 1. The molecule has 0 radical (unpaired) electrons. The van der Waals surface area contributed by atoms with E-state index in [4.69, 9.17) is 10.6 Å². The topological polar surface area (TPSA) is 76.4 Å². The van der Waals surface area contributed by atoms with Gasteiger partial charge in [0.15, 0.2) is 0 Å². The summed E-state index contributed by atoms with van der Waals surface area (Å²) in [6.45, 7) is 4.73. The fraction of sp³-hybridized carbons (Fsp3) is 0.750. The molecule has 0 aromatic carbocycles. The molecule has 0 saturated heterocycles. The zero-order valence-corrected chi connectivity index (χ0v) is 10.7. The first-order chi connectivity index (χ1) is 8.19. The van der Waals surface area contributed by atoms with Crippen LogP contribution in [0.5, 0.6) is 0 Å². The lowest BCUT2D eigenvalue weighted by molar-refractivity contribution is -0.139. The molecule has 0 aliphatic heterocycles. The SMILES string of the molecule is CCOC(=O)/C(NCC1CCCC1)=C(\C)NN. The van der Waals surface area contributed by atoms with Gasteiger partial charge in [-0.2, -0.15) is 0 Å². The minimum absolute atomic E-state index is 0.346. The molecular formula is C12H23N3O2. The monoisotopic (exact) mass is 241 g/mol. The Kier molecular flexibility index (Phi) is 5.83. The molecule has 1 aliphatic carbocycles. The highest BCUT2D eigenvalue weighted by Crippen LogP contribution is 2.24. The standard InChI is InChI=1S/C12H23N3O2/c1-3-17-12(16)11(9(2)15-13)14-8-10-6-4-5-7-10/h10,14-15H,3-8,13H2,1-2H3/b11-9-. The molecule has 5 nitrogen and oxygen atoms in total. The molecular weight excluding hydrogens is 218 g/mol. The van der Waals surface area contributed by atoms with Gasteiger partial charge in [-0.1, -0.05) is 12.8 Å². The van der Waals surface area contributed by atoms with Gasteiger partial charge in [0.25, 0.3) is 0 Å². The van der Waals surface area contributed by atoms with Crippen LogP contribution in [0.25, 0.3) is 0 Å². The average molecular weight is 241 g/mol. The van der Waals surface area contributed by atoms with Gasteiger partial charge in [0, 0.05) is 6.54 Å². The van der Waals surface area contributed by atoms with E-state index in [2.05, 4.69) is 10.7 Å². The second-order valence-corrected chi connectivity index (χ2v) is 4.40. The molecule has 0 unspecified atom stereocenters. The molecule has 0 aromatic heterocycles. The summed E-state index contributed by atoms with van der Waals surface area (Å²) in [5, 5.41) is 3.16. The van der Waals surface area contributed by atoms with Gasteiger partial charge < -0.3 is 15.5 Å². The Morgan fingerprint density at radius 3 is 2.59 bits per heavy atom. The van der Waals surface area contributed by atoms with Crippen molar-refractivity contribution in [2.45, 2.75) is 39.5 Å². The molecule has 0 heterocycles. The van der Waals surface area contributed by atoms with E-state index in [9.17, 15) is 4.79 Å². The van der Waals surface area contributed by atoms with Crippen LogP contribution in [-0.2, 0) is 9.53 Å². The lowest BCUT2D eigenvalue weighted by Crippen LogP contribution is -2.32. The third kappa shape index (κ3) is 4.26. The smallest absolute Gasteiger partial charge is 0.356 e. The van der Waals surface area contributed by atoms with Crippen LogP contribution in [0.4, 0.5) is 0 Å². The largest absolute Gasteiger partial charge is 0.461 e. The van der Waals surface area contributed by atoms with Crippen LogP contribution < -0.4 is 16.6 Å². The van der Waals surface area contributed by atoms with Crippen molar-refractivity contribution in [3.63, 3.8) is 0 Å². The van der Waals surface area contributed by atoms with Crippen LogP contribution in [0.1, 0.15) is 39.5 Å². The maximum atomic E-state index is 11.7. The number of hydrazine groups is 1. The minimum Gasteiger partial charge on any atom is -0.461 e. The predicted octanol–water partition coefficient (Wildman–Crippen LogP) is 1.02. The quantitative estimate of drug-likeness (QED) is 0.280. The van der Waals surface area contributed by atoms with Gasteiger partial charge in [-0.3, -0.25) is 5.84 Å². The van der Waals surface area contributed by atoms with Gasteiger partial charge in [-0.25, -0.2) is 4.79 Å². The average Bonchev–Trinajstić information content (AvgIpc) is 2.82. The van der Waals surface area contributed by atoms with E-state index in [-0.39, 0.29) is 5.97 Å². The summed E-state index contributed by atoms with van der Waals surface area (Å²) in [7, 11) is 0. The lowest BCUT2D eigenvalue weighted by atomic mass is 10.1. The van der Waals surface area contributed by atoms with E-state index in [0.29, 0.717) is 23.9 Å². The number of rotatable bonds is 6. The fourth-order valence-electron chi connectivity index (χ4n) is 2.09. The maximum absolute atomic E-state index is 11.7. The highest BCUT2D eigenvalue weighted by molar-refractivity contribution is 5.88. The summed E-state index contributed by atoms with van der Waals surface area (Å²) in [6.07, 6.45) is 5.05. The Bertz CT molecular complexity index is 283. The fourth-order valence-corrected chi connectivity index (χ4v) is 2.09. The van der Waals surface area contributed by atoms with Crippen LogP contribution in [-0.4, -0.2) is 19.1 Å². The number of hydrogen-bond acceptors (Lipinski definition) is 5. The number of nitrogens with one attached hydrogen (secondary N) is 2. The van der Waals surface area contributed by atoms with Crippen molar-refractivity contribution >= 4 is 5.97 Å². The van der Waals surface area contributed by atoms with Gasteiger partial charge in [-0.15, -0.1) is 0 Å². The highest BCUT2D eigenvalue weighted by atomic mass is 16.5. The molecule has 1 rings (SSSR count). The van der Waals surface area contributed by atoms with Gasteiger partial charge in [0.1, 0.15) is 5.70 Å². The molecule has 1 saturated carbocycles. The second-order valence-electron chi connectivity index (χ2n) is 4.40. The van der Waals surface area contributed by atoms with Gasteiger partial charge in [0.2, 0.25) is 0 Å². The van der Waals surface area contributed by atoms with Crippen molar-refractivity contribution in [1.29, 1.82) is 0 Å². The van der Waals surface area contributed by atoms with E-state index in [1.54, 1.807) is 13.8 Å². The maximum Gasteiger partial charge on any atom is 0.356 e. The Morgan fingerprint density at radius 1 is 1.41 bits per heavy atom. The summed E-state index contributed by atoms with van der Waals surface area (Å²) >= 11 is 0. The van der Waals surface area contributed by atoms with Crippen molar-refractivity contribution in [3.05, 3.63) is 11.4 Å². The third-order valence-corrected chi connectivity index (χ3v) is 3.11. The zero-order chi connectivity index (χ0) is 12.7. The summed E-state index contributed by atoms with van der Waals surface area (Å²) < 4.78 is 4.99. The highest BCUT2D eigenvalue weighted by Gasteiger charge is 2.18. The summed E-state index contributed by atoms with van der Waals surface area (Å²) in [5.41, 5.74) is 3.55. The van der Waals surface area contributed by atoms with E-state index < -0.39 is 0 Å². The Hall–Kier alpha value is -1.23. The molecule has 0 spiro atoms. The van der Waals surface area contributed by atoms with Gasteiger partial charge >= 0.3 is 5.97 Å². The Labute approximate surface area is 103 Å². The first kappa shape index (κ1) is 13.8. The van der Waals surface area contributed by atoms with Crippen molar-refractivity contribution in [3.8, 4) is 0 Å². The number of carbonyl (C=O) groups is 1. The van der Waals surface area contributed by atoms with Crippen LogP contribution >= 0.6 is 0 Å². The van der Waals surface area contributed by atoms with E-state index in [0.717, 1.165) is 6.54 Å². The number of esters is 1. The zero-order valence-electron chi connectivity index (χ0n) is 10.7. The number of allylic oxidation sites excluding steroid dienone is 1. The number of carbonyl (C=O) groups excluding carboxylic acids is 1. The number of hydrogen-bond donors (Lipinski definition) is 3. The second kappa shape index (κ2) is 7.17. The third-order valence-electron chi connectivity index (χ3n) is 3.11. The molecule has 0 atom stereocenters. The van der Waals surface area contributed by atoms with Crippen LogP contribution in [0.15, 0.2) is 11.4 Å². The van der Waals surface area contributed by atoms with E-state index in [1.807, 2.05) is 0 Å².